The summed E-state index contributed by atoms with van der Waals surface area (Å²) in [6.07, 6.45) is -0.775. The minimum absolute atomic E-state index is 0.00985. The quantitative estimate of drug-likeness (QED) is 0.598. The summed E-state index contributed by atoms with van der Waals surface area (Å²) in [6.45, 7) is 5.44. The van der Waals surface area contributed by atoms with Crippen LogP contribution in [0.3, 0.4) is 0 Å². The minimum Gasteiger partial charge on any atom is -0.447 e. The molecule has 2 aromatic carbocycles. The number of rotatable bonds is 6. The van der Waals surface area contributed by atoms with Crippen molar-refractivity contribution in [1.82, 2.24) is 9.80 Å². The molecule has 0 unspecified atom stereocenters. The molecule has 0 aliphatic carbocycles. The Morgan fingerprint density at radius 3 is 2.52 bits per heavy atom. The van der Waals surface area contributed by atoms with Crippen LogP contribution in [0.15, 0.2) is 54.6 Å². The van der Waals surface area contributed by atoms with E-state index in [0.29, 0.717) is 17.0 Å². The highest BCUT2D eigenvalue weighted by molar-refractivity contribution is 6.30. The van der Waals surface area contributed by atoms with Crippen molar-refractivity contribution in [2.75, 3.05) is 20.2 Å². The molecule has 3 rings (SSSR count). The number of carbonyl (C=O) groups excluding carboxylic acids is 3. The summed E-state index contributed by atoms with van der Waals surface area (Å²) in [5.41, 5.74) is 0.908. The lowest BCUT2D eigenvalue weighted by Gasteiger charge is -2.30. The van der Waals surface area contributed by atoms with Crippen molar-refractivity contribution in [2.24, 2.45) is 0 Å². The Bertz CT molecular complexity index is 1010. The van der Waals surface area contributed by atoms with Crippen LogP contribution in [0, 0.1) is 0 Å². The van der Waals surface area contributed by atoms with E-state index in [2.05, 4.69) is 0 Å². The maximum absolute atomic E-state index is 13.7. The van der Waals surface area contributed by atoms with Gasteiger partial charge in [-0.15, -0.1) is 0 Å². The van der Waals surface area contributed by atoms with Crippen molar-refractivity contribution in [3.8, 4) is 0 Å². The number of benzene rings is 2. The first-order chi connectivity index (χ1) is 15.5. The van der Waals surface area contributed by atoms with Gasteiger partial charge < -0.3 is 14.4 Å². The average molecular weight is 473 g/mol. The number of imide groups is 1. The summed E-state index contributed by atoms with van der Waals surface area (Å²) in [5.74, 6) is -1.28. The van der Waals surface area contributed by atoms with Crippen molar-refractivity contribution in [3.63, 3.8) is 0 Å². The van der Waals surface area contributed by atoms with Crippen LogP contribution >= 0.6 is 11.6 Å². The second-order valence-electron chi connectivity index (χ2n) is 9.10. The largest absolute Gasteiger partial charge is 0.447 e. The van der Waals surface area contributed by atoms with Gasteiger partial charge in [-0.3, -0.25) is 4.79 Å². The maximum Gasteiger partial charge on any atom is 0.417 e. The summed E-state index contributed by atoms with van der Waals surface area (Å²) < 4.78 is 10.7. The summed E-state index contributed by atoms with van der Waals surface area (Å²) in [5, 5.41) is 0.454. The number of carbonyl (C=O) groups is 3. The van der Waals surface area contributed by atoms with Crippen LogP contribution < -0.4 is 0 Å². The monoisotopic (exact) mass is 472 g/mol. The van der Waals surface area contributed by atoms with Crippen LogP contribution in [-0.4, -0.2) is 59.7 Å². The van der Waals surface area contributed by atoms with E-state index in [9.17, 15) is 14.4 Å². The highest BCUT2D eigenvalue weighted by atomic mass is 35.5. The van der Waals surface area contributed by atoms with E-state index in [1.54, 1.807) is 52.1 Å². The lowest BCUT2D eigenvalue weighted by Crippen LogP contribution is -2.46. The molecule has 1 aliphatic rings. The van der Waals surface area contributed by atoms with E-state index in [-0.39, 0.29) is 13.2 Å². The number of hydrogen-bond donors (Lipinski definition) is 0. The van der Waals surface area contributed by atoms with E-state index < -0.39 is 35.7 Å². The Balaban J connectivity index is 1.87. The fourth-order valence-corrected chi connectivity index (χ4v) is 3.87. The molecule has 1 aliphatic heterocycles. The van der Waals surface area contributed by atoms with Gasteiger partial charge in [-0.25, -0.2) is 14.5 Å². The Morgan fingerprint density at radius 1 is 1.18 bits per heavy atom. The van der Waals surface area contributed by atoms with Crippen molar-refractivity contribution < 1.29 is 23.9 Å². The lowest BCUT2D eigenvalue weighted by molar-refractivity contribution is -0.131. The van der Waals surface area contributed by atoms with Gasteiger partial charge in [-0.1, -0.05) is 54.1 Å². The minimum atomic E-state index is -0.829. The summed E-state index contributed by atoms with van der Waals surface area (Å²) in [6, 6.07) is 16.0. The van der Waals surface area contributed by atoms with Gasteiger partial charge >= 0.3 is 12.2 Å². The van der Waals surface area contributed by atoms with Crippen LogP contribution in [-0.2, 0) is 20.7 Å². The number of ether oxygens (including phenoxy) is 2. The third-order valence-electron chi connectivity index (χ3n) is 5.22. The molecule has 1 heterocycles. The van der Waals surface area contributed by atoms with Gasteiger partial charge in [0.2, 0.25) is 5.91 Å². The van der Waals surface area contributed by atoms with Gasteiger partial charge in [0.05, 0.1) is 12.0 Å². The average Bonchev–Trinajstić information content (AvgIpc) is 3.10. The third-order valence-corrected chi connectivity index (χ3v) is 5.46. The second-order valence-corrected chi connectivity index (χ2v) is 9.53. The molecule has 0 spiro atoms. The molecular weight excluding hydrogens is 444 g/mol. The summed E-state index contributed by atoms with van der Waals surface area (Å²) in [7, 11) is 1.56. The highest BCUT2D eigenvalue weighted by Crippen LogP contribution is 2.28. The molecule has 0 saturated carbocycles. The van der Waals surface area contributed by atoms with E-state index >= 15 is 0 Å². The van der Waals surface area contributed by atoms with E-state index in [1.165, 1.54) is 9.80 Å². The zero-order chi connectivity index (χ0) is 24.2. The first-order valence-electron chi connectivity index (χ1n) is 10.8. The molecule has 0 N–H and O–H groups in total. The van der Waals surface area contributed by atoms with Crippen LogP contribution in [0.5, 0.6) is 0 Å². The molecule has 1 fully saturated rings. The molecule has 1 saturated heterocycles. The Labute approximate surface area is 199 Å². The smallest absolute Gasteiger partial charge is 0.417 e. The molecule has 0 radical (unpaired) electrons. The molecule has 0 bridgehead atoms. The van der Waals surface area contributed by atoms with E-state index in [0.717, 1.165) is 5.56 Å². The molecule has 0 aromatic heterocycles. The van der Waals surface area contributed by atoms with Gasteiger partial charge in [0.25, 0.3) is 0 Å². The molecule has 2 aromatic rings. The zero-order valence-corrected chi connectivity index (χ0v) is 20.0. The first kappa shape index (κ1) is 24.6. The number of amides is 3. The van der Waals surface area contributed by atoms with Crippen LogP contribution in [0.2, 0.25) is 5.02 Å². The van der Waals surface area contributed by atoms with Crippen LogP contribution in [0.1, 0.15) is 37.8 Å². The maximum atomic E-state index is 13.7. The van der Waals surface area contributed by atoms with Crippen LogP contribution in [0.4, 0.5) is 9.59 Å². The second kappa shape index (κ2) is 10.3. The molecule has 2 atom stereocenters. The molecular formula is C25H29ClN2O5. The molecule has 7 nitrogen and oxygen atoms in total. The Morgan fingerprint density at radius 2 is 1.88 bits per heavy atom. The van der Waals surface area contributed by atoms with Gasteiger partial charge in [-0.2, -0.15) is 0 Å². The van der Waals surface area contributed by atoms with Crippen molar-refractivity contribution in [3.05, 3.63) is 70.7 Å². The standard InChI is InChI=1S/C25H29ClN2O5/c1-25(2,3)33-23(30)27(4)15-21(18-11-8-12-19(26)14-18)22(29)28-20(16-32-24(28)31)13-17-9-6-5-7-10-17/h5-12,14,20-21H,13,15-16H2,1-4H3/t20-,21-/m0/s1. The fraction of sp³-hybridized carbons (Fsp3) is 0.400. The van der Waals surface area contributed by atoms with Gasteiger partial charge in [0.1, 0.15) is 12.2 Å². The molecule has 33 heavy (non-hydrogen) atoms. The zero-order valence-electron chi connectivity index (χ0n) is 19.3. The summed E-state index contributed by atoms with van der Waals surface area (Å²) in [4.78, 5) is 41.4. The van der Waals surface area contributed by atoms with Gasteiger partial charge in [0, 0.05) is 18.6 Å². The predicted octanol–water partition coefficient (Wildman–Crippen LogP) is 4.88. The van der Waals surface area contributed by atoms with Crippen molar-refractivity contribution in [2.45, 2.75) is 44.8 Å². The molecule has 8 heteroatoms. The van der Waals surface area contributed by atoms with Crippen LogP contribution in [0.25, 0.3) is 0 Å². The molecule has 3 amide bonds. The molecule has 176 valence electrons. The number of cyclic esters (lactones) is 1. The fourth-order valence-electron chi connectivity index (χ4n) is 3.67. The first-order valence-corrected chi connectivity index (χ1v) is 11.2. The summed E-state index contributed by atoms with van der Waals surface area (Å²) >= 11 is 6.18. The van der Waals surface area contributed by atoms with Crippen molar-refractivity contribution in [1.29, 1.82) is 0 Å². The van der Waals surface area contributed by atoms with Crippen molar-refractivity contribution >= 4 is 29.7 Å². The highest BCUT2D eigenvalue weighted by Gasteiger charge is 2.42. The van der Waals surface area contributed by atoms with Gasteiger partial charge in [0.15, 0.2) is 0 Å². The van der Waals surface area contributed by atoms with E-state index in [1.807, 2.05) is 30.3 Å². The SMILES string of the molecule is CN(C[C@H](C(=O)N1C(=O)OC[C@@H]1Cc1ccccc1)c1cccc(Cl)c1)C(=O)OC(C)(C)C. The Hall–Kier alpha value is -3.06. The number of nitrogens with zero attached hydrogens (tertiary/aromatic N) is 2. The normalized spacial score (nSPS) is 16.8. The van der Waals surface area contributed by atoms with Gasteiger partial charge in [-0.05, 0) is 50.5 Å². The van der Waals surface area contributed by atoms with E-state index in [4.69, 9.17) is 21.1 Å². The number of halogens is 1. The topological polar surface area (TPSA) is 76.2 Å². The number of likely N-dealkylation sites (N-methyl/N-ethyl adjacent to an activating group) is 1. The lowest BCUT2D eigenvalue weighted by atomic mass is 9.95. The number of hydrogen-bond acceptors (Lipinski definition) is 5. The third kappa shape index (κ3) is 6.48. The Kier molecular flexibility index (Phi) is 7.64. The predicted molar refractivity (Wildman–Crippen MR) is 125 cm³/mol.